The van der Waals surface area contributed by atoms with Crippen molar-refractivity contribution >= 4 is 16.6 Å². The van der Waals surface area contributed by atoms with Crippen molar-refractivity contribution in [2.75, 3.05) is 14.1 Å². The lowest BCUT2D eigenvalue weighted by atomic mass is 9.53. The zero-order valence-electron chi connectivity index (χ0n) is 20.5. The van der Waals surface area contributed by atoms with Crippen LogP contribution in [0, 0.1) is 11.3 Å². The molecule has 0 amide bonds. The molecule has 1 aromatic carbocycles. The molecule has 0 radical (unpaired) electrons. The highest BCUT2D eigenvalue weighted by Gasteiger charge is 2.74. The Labute approximate surface area is 204 Å². The highest BCUT2D eigenvalue weighted by molar-refractivity contribution is 5.82. The molecule has 7 rings (SSSR count). The topological polar surface area (TPSA) is 94.5 Å². The van der Waals surface area contributed by atoms with Gasteiger partial charge in [-0.25, -0.2) is 4.39 Å². The molecule has 3 fully saturated rings. The molecule has 2 spiro atoms. The molecule has 3 N–H and O–H groups in total. The second-order valence-electron chi connectivity index (χ2n) is 12.0. The molecule has 186 valence electrons. The quantitative estimate of drug-likeness (QED) is 0.572. The van der Waals surface area contributed by atoms with E-state index in [4.69, 9.17) is 4.74 Å². The summed E-state index contributed by atoms with van der Waals surface area (Å²) in [6, 6.07) is 5.91. The van der Waals surface area contributed by atoms with Crippen LogP contribution in [0.2, 0.25) is 0 Å². The number of alkyl halides is 1. The fourth-order valence-electron chi connectivity index (χ4n) is 8.44. The number of aromatic amines is 1. The fraction of sp³-hybridized carbons (Fsp3) is 0.630. The Morgan fingerprint density at radius 3 is 2.71 bits per heavy atom. The number of ether oxygens (including phenoxy) is 1. The summed E-state index contributed by atoms with van der Waals surface area (Å²) in [5, 5.41) is 33.0. The van der Waals surface area contributed by atoms with Gasteiger partial charge in [0.1, 0.15) is 22.7 Å². The van der Waals surface area contributed by atoms with Crippen molar-refractivity contribution < 1.29 is 19.3 Å². The summed E-state index contributed by atoms with van der Waals surface area (Å²) in [6.45, 7) is 2.27. The minimum Gasteiger partial charge on any atom is -0.388 e. The maximum atomic E-state index is 17.1. The van der Waals surface area contributed by atoms with Crippen LogP contribution in [0.25, 0.3) is 16.6 Å². The van der Waals surface area contributed by atoms with Crippen LogP contribution in [0.5, 0.6) is 0 Å². The number of fused-ring (bicyclic) bond motifs is 2. The predicted octanol–water partition coefficient (Wildman–Crippen LogP) is 3.15. The molecule has 2 aromatic rings. The Hall–Kier alpha value is -2.13. The maximum Gasteiger partial charge on any atom is 0.158 e. The number of allylic oxidation sites excluding steroid dienone is 2. The lowest BCUT2D eigenvalue weighted by Gasteiger charge is -2.60. The largest absolute Gasteiger partial charge is 0.388 e. The van der Waals surface area contributed by atoms with Crippen LogP contribution in [-0.2, 0) is 4.74 Å². The van der Waals surface area contributed by atoms with Crippen molar-refractivity contribution in [3.63, 3.8) is 0 Å². The Balaban J connectivity index is 1.31. The number of rotatable bonds is 2. The van der Waals surface area contributed by atoms with Gasteiger partial charge in [0.2, 0.25) is 0 Å². The number of hydrogen-bond acceptors (Lipinski definition) is 6. The van der Waals surface area contributed by atoms with Gasteiger partial charge >= 0.3 is 0 Å². The third kappa shape index (κ3) is 2.59. The molecular formula is C27H33FN4O3. The first kappa shape index (κ1) is 22.1. The van der Waals surface area contributed by atoms with Gasteiger partial charge < -0.3 is 19.8 Å². The Bertz CT molecular complexity index is 1290. The minimum atomic E-state index is -1.66. The Kier molecular flexibility index (Phi) is 4.29. The molecule has 8 atom stereocenters. The SMILES string of the molecule is CN(C)C1CC23CCC4(O2)C2CC=C(c5ccc6n[nH]nc6c5)C2(C)CCC4(F)C=C3C(O)C1O. The van der Waals surface area contributed by atoms with E-state index in [1.165, 1.54) is 5.57 Å². The minimum absolute atomic E-state index is 0.00395. The van der Waals surface area contributed by atoms with E-state index in [1.807, 2.05) is 25.1 Å². The summed E-state index contributed by atoms with van der Waals surface area (Å²) in [5.41, 5.74) is 1.05. The van der Waals surface area contributed by atoms with Crippen LogP contribution in [0.1, 0.15) is 51.0 Å². The van der Waals surface area contributed by atoms with Gasteiger partial charge in [0.05, 0.1) is 11.7 Å². The summed E-state index contributed by atoms with van der Waals surface area (Å²) in [4.78, 5) is 1.95. The molecule has 8 unspecified atom stereocenters. The van der Waals surface area contributed by atoms with Gasteiger partial charge in [-0.1, -0.05) is 19.1 Å². The van der Waals surface area contributed by atoms with Crippen LogP contribution in [0.3, 0.4) is 0 Å². The molecule has 5 aliphatic rings. The maximum absolute atomic E-state index is 17.1. The van der Waals surface area contributed by atoms with Crippen molar-refractivity contribution in [3.05, 3.63) is 41.5 Å². The lowest BCUT2D eigenvalue weighted by Crippen LogP contribution is -2.68. The molecule has 2 aliphatic heterocycles. The highest BCUT2D eigenvalue weighted by Crippen LogP contribution is 2.71. The molecule has 3 heterocycles. The van der Waals surface area contributed by atoms with Crippen molar-refractivity contribution in [1.29, 1.82) is 0 Å². The van der Waals surface area contributed by atoms with E-state index in [1.54, 1.807) is 6.08 Å². The molecule has 3 aliphatic carbocycles. The summed E-state index contributed by atoms with van der Waals surface area (Å²) < 4.78 is 24.1. The van der Waals surface area contributed by atoms with Crippen LogP contribution < -0.4 is 0 Å². The lowest BCUT2D eigenvalue weighted by molar-refractivity contribution is -0.239. The summed E-state index contributed by atoms with van der Waals surface area (Å²) in [7, 11) is 3.82. The van der Waals surface area contributed by atoms with Crippen LogP contribution >= 0.6 is 0 Å². The van der Waals surface area contributed by atoms with Gasteiger partial charge in [-0.3, -0.25) is 0 Å². The number of hydrogen-bond donors (Lipinski definition) is 3. The van der Waals surface area contributed by atoms with Crippen molar-refractivity contribution in [2.45, 2.75) is 80.6 Å². The normalized spacial score (nSPS) is 46.3. The zero-order chi connectivity index (χ0) is 24.4. The van der Waals surface area contributed by atoms with Gasteiger partial charge in [0, 0.05) is 12.0 Å². The van der Waals surface area contributed by atoms with E-state index in [0.29, 0.717) is 37.7 Å². The summed E-state index contributed by atoms with van der Waals surface area (Å²) in [5.74, 6) is -0.00395. The molecule has 1 aromatic heterocycles. The van der Waals surface area contributed by atoms with Crippen molar-refractivity contribution in [2.24, 2.45) is 11.3 Å². The van der Waals surface area contributed by atoms with E-state index < -0.39 is 29.1 Å². The number of halogens is 1. The average molecular weight is 481 g/mol. The molecule has 2 bridgehead atoms. The molecular weight excluding hydrogens is 447 g/mol. The van der Waals surface area contributed by atoms with Crippen LogP contribution in [0.4, 0.5) is 4.39 Å². The number of nitrogens with one attached hydrogen (secondary N) is 1. The third-order valence-electron chi connectivity index (χ3n) is 10.3. The van der Waals surface area contributed by atoms with Gasteiger partial charge in [-0.05, 0) is 93.0 Å². The first-order valence-corrected chi connectivity index (χ1v) is 12.8. The van der Waals surface area contributed by atoms with Crippen molar-refractivity contribution in [1.82, 2.24) is 20.3 Å². The van der Waals surface area contributed by atoms with E-state index in [0.717, 1.165) is 23.0 Å². The second kappa shape index (κ2) is 6.79. The number of likely N-dealkylation sites (N-methyl/N-ethyl adjacent to an activating group) is 1. The monoisotopic (exact) mass is 480 g/mol. The van der Waals surface area contributed by atoms with E-state index in [-0.39, 0.29) is 17.4 Å². The predicted molar refractivity (Wildman–Crippen MR) is 129 cm³/mol. The smallest absolute Gasteiger partial charge is 0.158 e. The van der Waals surface area contributed by atoms with Gasteiger partial charge in [-0.15, -0.1) is 0 Å². The van der Waals surface area contributed by atoms with Gasteiger partial charge in [0.15, 0.2) is 5.67 Å². The van der Waals surface area contributed by atoms with E-state index in [2.05, 4.69) is 40.5 Å². The molecule has 8 heteroatoms. The molecule has 7 nitrogen and oxygen atoms in total. The van der Waals surface area contributed by atoms with Gasteiger partial charge in [0.25, 0.3) is 0 Å². The molecule has 2 saturated carbocycles. The highest BCUT2D eigenvalue weighted by atomic mass is 19.1. The molecule has 35 heavy (non-hydrogen) atoms. The Morgan fingerprint density at radius 1 is 1.11 bits per heavy atom. The zero-order valence-corrected chi connectivity index (χ0v) is 20.5. The summed E-state index contributed by atoms with van der Waals surface area (Å²) >= 11 is 0. The number of nitrogens with zero attached hydrogens (tertiary/aromatic N) is 3. The van der Waals surface area contributed by atoms with Crippen LogP contribution in [-0.4, -0.2) is 79.7 Å². The average Bonchev–Trinajstić information content (AvgIpc) is 3.52. The summed E-state index contributed by atoms with van der Waals surface area (Å²) in [6.07, 6.45) is 5.54. The number of aromatic nitrogens is 3. The number of aliphatic hydroxyl groups is 2. The second-order valence-corrected chi connectivity index (χ2v) is 12.0. The van der Waals surface area contributed by atoms with E-state index >= 15 is 4.39 Å². The number of benzene rings is 1. The molecule has 1 saturated heterocycles. The Morgan fingerprint density at radius 2 is 1.91 bits per heavy atom. The number of H-pyrrole nitrogens is 1. The third-order valence-corrected chi connectivity index (χ3v) is 10.3. The van der Waals surface area contributed by atoms with Gasteiger partial charge in [-0.2, -0.15) is 15.4 Å². The fourth-order valence-corrected chi connectivity index (χ4v) is 8.44. The number of aliphatic hydroxyl groups excluding tert-OH is 2. The van der Waals surface area contributed by atoms with Crippen LogP contribution in [0.15, 0.2) is 35.9 Å². The standard InChI is InChI=1S/C27H33FN4O3/c1-24-8-10-26(28)13-17-22(33)23(34)20(32(2)3)14-25(17)9-11-27(26,35-25)21(24)7-5-16(24)15-4-6-18-19(12-15)30-31-29-18/h4-6,12-13,20-23,33-34H,7-11,14H2,1-3H3,(H,29,30,31). The first-order valence-electron chi connectivity index (χ1n) is 12.8. The first-order chi connectivity index (χ1) is 16.6. The van der Waals surface area contributed by atoms with E-state index in [9.17, 15) is 10.2 Å². The van der Waals surface area contributed by atoms with Crippen molar-refractivity contribution in [3.8, 4) is 0 Å².